The van der Waals surface area contributed by atoms with Crippen LogP contribution in [0.25, 0.3) is 5.69 Å². The molecule has 2 aromatic carbocycles. The number of halogens is 3. The first-order chi connectivity index (χ1) is 16.0. The Morgan fingerprint density at radius 2 is 1.82 bits per heavy atom. The van der Waals surface area contributed by atoms with E-state index in [2.05, 4.69) is 10.4 Å². The van der Waals surface area contributed by atoms with Crippen molar-refractivity contribution < 1.29 is 27.5 Å². The van der Waals surface area contributed by atoms with Gasteiger partial charge in [-0.25, -0.2) is 4.68 Å². The van der Waals surface area contributed by atoms with Crippen LogP contribution in [-0.2, 0) is 22.2 Å². The smallest absolute Gasteiger partial charge is 0.416 e. The summed E-state index contributed by atoms with van der Waals surface area (Å²) >= 11 is 0. The summed E-state index contributed by atoms with van der Waals surface area (Å²) in [4.78, 5) is 26.4. The van der Waals surface area contributed by atoms with Crippen LogP contribution in [0.3, 0.4) is 0 Å². The van der Waals surface area contributed by atoms with Crippen LogP contribution in [0, 0.1) is 13.8 Å². The third-order valence-corrected chi connectivity index (χ3v) is 5.35. The van der Waals surface area contributed by atoms with E-state index in [4.69, 9.17) is 4.74 Å². The van der Waals surface area contributed by atoms with E-state index in [1.807, 2.05) is 0 Å². The molecule has 1 heterocycles. The van der Waals surface area contributed by atoms with Crippen molar-refractivity contribution in [2.75, 3.05) is 26.0 Å². The fourth-order valence-electron chi connectivity index (χ4n) is 3.49. The molecule has 180 valence electrons. The van der Waals surface area contributed by atoms with Crippen molar-refractivity contribution in [1.82, 2.24) is 14.7 Å². The summed E-state index contributed by atoms with van der Waals surface area (Å²) in [6.45, 7) is 3.21. The molecule has 1 N–H and O–H groups in total. The molecule has 0 aliphatic rings. The molecule has 34 heavy (non-hydrogen) atoms. The second kappa shape index (κ2) is 9.98. The van der Waals surface area contributed by atoms with E-state index in [-0.39, 0.29) is 30.5 Å². The van der Waals surface area contributed by atoms with E-state index < -0.39 is 11.7 Å². The van der Waals surface area contributed by atoms with Gasteiger partial charge in [0, 0.05) is 30.1 Å². The van der Waals surface area contributed by atoms with Crippen molar-refractivity contribution in [2.24, 2.45) is 0 Å². The molecule has 0 saturated carbocycles. The molecule has 0 radical (unpaired) electrons. The van der Waals surface area contributed by atoms with Gasteiger partial charge in [-0.3, -0.25) is 9.59 Å². The Morgan fingerprint density at radius 1 is 1.12 bits per heavy atom. The molecule has 0 unspecified atom stereocenters. The van der Waals surface area contributed by atoms with Gasteiger partial charge in [0.05, 0.1) is 37.0 Å². The second-order valence-corrected chi connectivity index (χ2v) is 7.82. The number of ether oxygens (including phenoxy) is 1. The number of hydrogen-bond donors (Lipinski definition) is 1. The van der Waals surface area contributed by atoms with Crippen LogP contribution in [0.5, 0.6) is 5.75 Å². The molecule has 0 fully saturated rings. The lowest BCUT2D eigenvalue weighted by molar-refractivity contribution is -0.137. The molecule has 3 aromatic rings. The molecule has 0 aliphatic carbocycles. The van der Waals surface area contributed by atoms with E-state index in [0.29, 0.717) is 28.4 Å². The molecule has 3 rings (SSSR count). The Morgan fingerprint density at radius 3 is 2.50 bits per heavy atom. The number of rotatable bonds is 7. The highest BCUT2D eigenvalue weighted by atomic mass is 19.4. The Balaban J connectivity index is 1.70. The van der Waals surface area contributed by atoms with Crippen molar-refractivity contribution in [3.05, 3.63) is 71.0 Å². The Labute approximate surface area is 195 Å². The maximum atomic E-state index is 13.1. The monoisotopic (exact) mass is 474 g/mol. The minimum absolute atomic E-state index is 0.0421. The average molecular weight is 474 g/mol. The molecular weight excluding hydrogens is 449 g/mol. The fourth-order valence-corrected chi connectivity index (χ4v) is 3.49. The van der Waals surface area contributed by atoms with Crippen LogP contribution in [0.4, 0.5) is 18.9 Å². The molecule has 7 nitrogen and oxygen atoms in total. The van der Waals surface area contributed by atoms with E-state index >= 15 is 0 Å². The summed E-state index contributed by atoms with van der Waals surface area (Å²) in [5.41, 5.74) is 1.69. The normalized spacial score (nSPS) is 11.3. The second-order valence-electron chi connectivity index (χ2n) is 7.82. The SMILES string of the molecule is COc1cccc(NC(=O)CN(C)C(=O)Cc2c(C)nn(-c3cccc(C(F)(F)F)c3)c2C)c1. The van der Waals surface area contributed by atoms with Gasteiger partial charge in [0.25, 0.3) is 0 Å². The Kier molecular flexibility index (Phi) is 7.29. The third kappa shape index (κ3) is 5.75. The van der Waals surface area contributed by atoms with Crippen molar-refractivity contribution in [3.8, 4) is 11.4 Å². The predicted molar refractivity (Wildman–Crippen MR) is 121 cm³/mol. The number of carbonyl (C=O) groups excluding carboxylic acids is 2. The first-order valence-corrected chi connectivity index (χ1v) is 10.4. The standard InChI is InChI=1S/C24H25F3N4O3/c1-15-21(16(2)31(29-15)19-9-5-7-17(11-19)24(25,26)27)13-23(33)30(3)14-22(32)28-18-8-6-10-20(12-18)34-4/h5-12H,13-14H2,1-4H3,(H,28,32). The zero-order valence-electron chi connectivity index (χ0n) is 19.2. The van der Waals surface area contributed by atoms with Crippen molar-refractivity contribution in [2.45, 2.75) is 26.4 Å². The molecule has 10 heteroatoms. The van der Waals surface area contributed by atoms with Crippen LogP contribution in [0.2, 0.25) is 0 Å². The number of hydrogen-bond acceptors (Lipinski definition) is 4. The topological polar surface area (TPSA) is 76.5 Å². The number of aromatic nitrogens is 2. The summed E-state index contributed by atoms with van der Waals surface area (Å²) in [5.74, 6) is -0.112. The van der Waals surface area contributed by atoms with Crippen LogP contribution >= 0.6 is 0 Å². The molecule has 0 spiro atoms. The lowest BCUT2D eigenvalue weighted by Gasteiger charge is -2.17. The van der Waals surface area contributed by atoms with Crippen molar-refractivity contribution >= 4 is 17.5 Å². The highest BCUT2D eigenvalue weighted by Gasteiger charge is 2.31. The number of alkyl halides is 3. The van der Waals surface area contributed by atoms with E-state index in [0.717, 1.165) is 12.1 Å². The van der Waals surface area contributed by atoms with Crippen LogP contribution in [-0.4, -0.2) is 47.2 Å². The van der Waals surface area contributed by atoms with E-state index in [1.165, 1.54) is 35.9 Å². The minimum Gasteiger partial charge on any atom is -0.497 e. The van der Waals surface area contributed by atoms with Gasteiger partial charge in [0.1, 0.15) is 5.75 Å². The summed E-state index contributed by atoms with van der Waals surface area (Å²) < 4.78 is 45.8. The molecule has 0 saturated heterocycles. The maximum Gasteiger partial charge on any atom is 0.416 e. The fraction of sp³-hybridized carbons (Fsp3) is 0.292. The van der Waals surface area contributed by atoms with Crippen LogP contribution in [0.15, 0.2) is 48.5 Å². The van der Waals surface area contributed by atoms with Gasteiger partial charge in [-0.2, -0.15) is 18.3 Å². The third-order valence-electron chi connectivity index (χ3n) is 5.35. The van der Waals surface area contributed by atoms with Gasteiger partial charge in [-0.1, -0.05) is 12.1 Å². The zero-order valence-corrected chi connectivity index (χ0v) is 19.2. The van der Waals surface area contributed by atoms with Gasteiger partial charge < -0.3 is 15.0 Å². The van der Waals surface area contributed by atoms with Gasteiger partial charge in [0.15, 0.2) is 0 Å². The maximum absolute atomic E-state index is 13.1. The molecule has 0 aliphatic heterocycles. The van der Waals surface area contributed by atoms with Gasteiger partial charge in [-0.15, -0.1) is 0 Å². The van der Waals surface area contributed by atoms with Crippen LogP contribution < -0.4 is 10.1 Å². The van der Waals surface area contributed by atoms with Crippen LogP contribution in [0.1, 0.15) is 22.5 Å². The number of likely N-dealkylation sites (N-methyl/N-ethyl adjacent to an activating group) is 1. The summed E-state index contributed by atoms with van der Waals surface area (Å²) in [5, 5.41) is 7.05. The summed E-state index contributed by atoms with van der Waals surface area (Å²) in [6, 6.07) is 11.7. The highest BCUT2D eigenvalue weighted by Crippen LogP contribution is 2.31. The number of aryl methyl sites for hydroxylation is 1. The first kappa shape index (κ1) is 24.8. The molecule has 1 aromatic heterocycles. The number of carbonyl (C=O) groups is 2. The zero-order chi connectivity index (χ0) is 25.0. The minimum atomic E-state index is -4.47. The van der Waals surface area contributed by atoms with E-state index in [1.54, 1.807) is 38.1 Å². The Hall–Kier alpha value is -3.82. The molecule has 0 bridgehead atoms. The molecule has 0 atom stereocenters. The quantitative estimate of drug-likeness (QED) is 0.558. The number of benzene rings is 2. The van der Waals surface area contributed by atoms with Crippen molar-refractivity contribution in [3.63, 3.8) is 0 Å². The number of nitrogens with one attached hydrogen (secondary N) is 1. The molecule has 2 amide bonds. The van der Waals surface area contributed by atoms with Gasteiger partial charge in [-0.05, 0) is 44.2 Å². The molecular formula is C24H25F3N4O3. The Bertz CT molecular complexity index is 1200. The predicted octanol–water partition coefficient (Wildman–Crippen LogP) is 4.16. The first-order valence-electron chi connectivity index (χ1n) is 10.4. The van der Waals surface area contributed by atoms with Gasteiger partial charge in [0.2, 0.25) is 11.8 Å². The number of nitrogens with zero attached hydrogens (tertiary/aromatic N) is 3. The van der Waals surface area contributed by atoms with Crippen molar-refractivity contribution in [1.29, 1.82) is 0 Å². The number of amides is 2. The highest BCUT2D eigenvalue weighted by molar-refractivity contribution is 5.94. The van der Waals surface area contributed by atoms with E-state index in [9.17, 15) is 22.8 Å². The summed E-state index contributed by atoms with van der Waals surface area (Å²) in [6.07, 6.45) is -4.52. The largest absolute Gasteiger partial charge is 0.497 e. The number of anilines is 1. The average Bonchev–Trinajstić information content (AvgIpc) is 3.06. The van der Waals surface area contributed by atoms with Gasteiger partial charge >= 0.3 is 6.18 Å². The lowest BCUT2D eigenvalue weighted by atomic mass is 10.1. The number of methoxy groups -OCH3 is 1. The lowest BCUT2D eigenvalue weighted by Crippen LogP contribution is -2.36. The summed E-state index contributed by atoms with van der Waals surface area (Å²) in [7, 11) is 3.03.